The third-order valence-electron chi connectivity index (χ3n) is 3.52. The Hall–Kier alpha value is -1.29. The van der Waals surface area contributed by atoms with E-state index < -0.39 is 11.9 Å². The molecule has 0 radical (unpaired) electrons. The molecule has 1 aromatic rings. The van der Waals surface area contributed by atoms with Gasteiger partial charge in [-0.05, 0) is 38.0 Å². The molecule has 1 aliphatic rings. The van der Waals surface area contributed by atoms with Crippen LogP contribution in [0.1, 0.15) is 39.0 Å². The molecule has 3 nitrogen and oxygen atoms in total. The van der Waals surface area contributed by atoms with Crippen molar-refractivity contribution in [2.75, 3.05) is 0 Å². The fourth-order valence-electron chi connectivity index (χ4n) is 2.38. The second kappa shape index (κ2) is 6.93. The van der Waals surface area contributed by atoms with Gasteiger partial charge in [0.1, 0.15) is 11.6 Å². The first-order valence-corrected chi connectivity index (χ1v) is 7.36. The predicted octanol–water partition coefficient (Wildman–Crippen LogP) is 3.70. The van der Waals surface area contributed by atoms with Gasteiger partial charge in [-0.15, -0.1) is 0 Å². The van der Waals surface area contributed by atoms with Gasteiger partial charge in [0, 0.05) is 6.04 Å². The van der Waals surface area contributed by atoms with E-state index in [-0.39, 0.29) is 17.0 Å². The minimum absolute atomic E-state index is 0.155. The third-order valence-corrected chi connectivity index (χ3v) is 3.81. The average Bonchev–Trinajstić information content (AvgIpc) is 2.43. The Morgan fingerprint density at radius 3 is 2.75 bits per heavy atom. The monoisotopic (exact) mass is 299 g/mol. The van der Waals surface area contributed by atoms with Crippen molar-refractivity contribution in [2.45, 2.75) is 51.2 Å². The van der Waals surface area contributed by atoms with Gasteiger partial charge in [-0.2, -0.15) is 0 Å². The second-order valence-electron chi connectivity index (χ2n) is 5.18. The normalized spacial score (nSPS) is 17.6. The lowest BCUT2D eigenvalue weighted by atomic mass is 9.95. The molecular weight excluding hydrogens is 281 g/mol. The number of ether oxygens (including phenoxy) is 1. The number of amides is 1. The van der Waals surface area contributed by atoms with Crippen LogP contribution >= 0.6 is 11.6 Å². The number of carbonyl (C=O) groups excluding carboxylic acids is 1. The molecule has 1 unspecified atom stereocenters. The maximum absolute atomic E-state index is 12.9. The Morgan fingerprint density at radius 1 is 1.40 bits per heavy atom. The second-order valence-corrected chi connectivity index (χ2v) is 5.59. The van der Waals surface area contributed by atoms with Crippen molar-refractivity contribution in [3.8, 4) is 5.75 Å². The quantitative estimate of drug-likeness (QED) is 0.920. The minimum Gasteiger partial charge on any atom is -0.479 e. The van der Waals surface area contributed by atoms with E-state index in [2.05, 4.69) is 5.32 Å². The van der Waals surface area contributed by atoms with Gasteiger partial charge in [0.25, 0.3) is 5.91 Å². The van der Waals surface area contributed by atoms with E-state index in [1.54, 1.807) is 6.92 Å². The fourth-order valence-corrected chi connectivity index (χ4v) is 2.59. The molecule has 0 aromatic heterocycles. The number of rotatable bonds is 4. The average molecular weight is 300 g/mol. The Bertz CT molecular complexity index is 475. The van der Waals surface area contributed by atoms with Gasteiger partial charge < -0.3 is 10.1 Å². The highest BCUT2D eigenvalue weighted by molar-refractivity contribution is 6.32. The Kier molecular flexibility index (Phi) is 5.24. The van der Waals surface area contributed by atoms with E-state index in [1.165, 1.54) is 24.6 Å². The summed E-state index contributed by atoms with van der Waals surface area (Å²) in [5, 5.41) is 3.16. The largest absolute Gasteiger partial charge is 0.479 e. The van der Waals surface area contributed by atoms with Crippen LogP contribution in [0.25, 0.3) is 0 Å². The maximum atomic E-state index is 12.9. The summed E-state index contributed by atoms with van der Waals surface area (Å²) in [6, 6.07) is 4.10. The van der Waals surface area contributed by atoms with Gasteiger partial charge in [-0.3, -0.25) is 4.79 Å². The van der Waals surface area contributed by atoms with Crippen LogP contribution < -0.4 is 10.1 Å². The first kappa shape index (κ1) is 15.1. The summed E-state index contributed by atoms with van der Waals surface area (Å²) in [6.45, 7) is 1.66. The van der Waals surface area contributed by atoms with E-state index in [9.17, 15) is 9.18 Å². The van der Waals surface area contributed by atoms with Crippen LogP contribution in [0.15, 0.2) is 18.2 Å². The predicted molar refractivity (Wildman–Crippen MR) is 76.5 cm³/mol. The molecule has 1 atom stereocenters. The Morgan fingerprint density at radius 2 is 2.10 bits per heavy atom. The number of nitrogens with one attached hydrogen (secondary N) is 1. The van der Waals surface area contributed by atoms with Crippen molar-refractivity contribution < 1.29 is 13.9 Å². The van der Waals surface area contributed by atoms with Crippen molar-refractivity contribution in [1.29, 1.82) is 0 Å². The fraction of sp³-hybridized carbons (Fsp3) is 0.533. The molecule has 1 fully saturated rings. The van der Waals surface area contributed by atoms with Crippen LogP contribution in [0.4, 0.5) is 4.39 Å². The summed E-state index contributed by atoms with van der Waals surface area (Å²) in [4.78, 5) is 12.0. The van der Waals surface area contributed by atoms with E-state index in [0.29, 0.717) is 5.75 Å². The van der Waals surface area contributed by atoms with E-state index >= 15 is 0 Å². The highest BCUT2D eigenvalue weighted by atomic mass is 35.5. The summed E-state index contributed by atoms with van der Waals surface area (Å²) in [7, 11) is 0. The zero-order chi connectivity index (χ0) is 14.5. The van der Waals surface area contributed by atoms with Crippen LogP contribution in [0.5, 0.6) is 5.75 Å². The topological polar surface area (TPSA) is 38.3 Å². The molecule has 0 bridgehead atoms. The summed E-state index contributed by atoms with van der Waals surface area (Å²) in [5.41, 5.74) is 0. The highest BCUT2D eigenvalue weighted by Gasteiger charge is 2.21. The molecule has 2 rings (SSSR count). The Labute approximate surface area is 123 Å². The molecule has 0 heterocycles. The van der Waals surface area contributed by atoms with E-state index in [1.807, 2.05) is 0 Å². The van der Waals surface area contributed by atoms with Crippen LogP contribution in [0.3, 0.4) is 0 Å². The summed E-state index contributed by atoms with van der Waals surface area (Å²) >= 11 is 5.87. The Balaban J connectivity index is 1.89. The number of hydrogen-bond donors (Lipinski definition) is 1. The molecule has 0 saturated heterocycles. The maximum Gasteiger partial charge on any atom is 0.260 e. The van der Waals surface area contributed by atoms with Crippen LogP contribution in [-0.2, 0) is 4.79 Å². The molecule has 1 aromatic carbocycles. The molecule has 5 heteroatoms. The molecule has 1 saturated carbocycles. The zero-order valence-corrected chi connectivity index (χ0v) is 12.3. The molecule has 0 spiro atoms. The van der Waals surface area contributed by atoms with E-state index in [4.69, 9.17) is 16.3 Å². The zero-order valence-electron chi connectivity index (χ0n) is 11.5. The lowest BCUT2D eigenvalue weighted by Crippen LogP contribution is -2.43. The van der Waals surface area contributed by atoms with Crippen molar-refractivity contribution in [3.63, 3.8) is 0 Å². The van der Waals surface area contributed by atoms with Gasteiger partial charge in [0.05, 0.1) is 5.02 Å². The molecule has 1 amide bonds. The van der Waals surface area contributed by atoms with Crippen molar-refractivity contribution in [2.24, 2.45) is 0 Å². The molecule has 20 heavy (non-hydrogen) atoms. The minimum atomic E-state index is -0.653. The van der Waals surface area contributed by atoms with Crippen LogP contribution in [-0.4, -0.2) is 18.1 Å². The first-order valence-electron chi connectivity index (χ1n) is 6.98. The standard InChI is InChI=1S/C15H19ClFNO2/c1-10(15(19)18-12-5-3-2-4-6-12)20-14-8-7-11(17)9-13(14)16/h7-10,12H,2-6H2,1H3,(H,18,19). The molecule has 1 aliphatic carbocycles. The van der Waals surface area contributed by atoms with Gasteiger partial charge in [0.15, 0.2) is 6.10 Å². The number of hydrogen-bond acceptors (Lipinski definition) is 2. The van der Waals surface area contributed by atoms with Crippen molar-refractivity contribution in [3.05, 3.63) is 29.0 Å². The lowest BCUT2D eigenvalue weighted by Gasteiger charge is -2.24. The van der Waals surface area contributed by atoms with Crippen LogP contribution in [0, 0.1) is 5.82 Å². The van der Waals surface area contributed by atoms with Gasteiger partial charge in [-0.1, -0.05) is 30.9 Å². The van der Waals surface area contributed by atoms with E-state index in [0.717, 1.165) is 25.7 Å². The number of halogens is 2. The van der Waals surface area contributed by atoms with Crippen molar-refractivity contribution in [1.82, 2.24) is 5.32 Å². The van der Waals surface area contributed by atoms with Gasteiger partial charge in [-0.25, -0.2) is 4.39 Å². The third kappa shape index (κ3) is 4.10. The van der Waals surface area contributed by atoms with Crippen LogP contribution in [0.2, 0.25) is 5.02 Å². The summed E-state index contributed by atoms with van der Waals surface area (Å²) in [6.07, 6.45) is 4.95. The summed E-state index contributed by atoms with van der Waals surface area (Å²) in [5.74, 6) is -0.265. The smallest absolute Gasteiger partial charge is 0.260 e. The molecular formula is C15H19ClFNO2. The molecule has 110 valence electrons. The summed E-state index contributed by atoms with van der Waals surface area (Å²) < 4.78 is 18.4. The number of benzene rings is 1. The van der Waals surface area contributed by atoms with Gasteiger partial charge >= 0.3 is 0 Å². The first-order chi connectivity index (χ1) is 9.56. The molecule has 1 N–H and O–H groups in total. The van der Waals surface area contributed by atoms with Crippen molar-refractivity contribution >= 4 is 17.5 Å². The number of carbonyl (C=O) groups is 1. The SMILES string of the molecule is CC(Oc1ccc(F)cc1Cl)C(=O)NC1CCCCC1. The highest BCUT2D eigenvalue weighted by Crippen LogP contribution is 2.26. The molecule has 0 aliphatic heterocycles. The lowest BCUT2D eigenvalue weighted by molar-refractivity contribution is -0.128. The van der Waals surface area contributed by atoms with Gasteiger partial charge in [0.2, 0.25) is 0 Å².